The van der Waals surface area contributed by atoms with E-state index in [2.05, 4.69) is 15.8 Å². The van der Waals surface area contributed by atoms with E-state index in [1.807, 2.05) is 0 Å². The number of pyridine rings is 1. The van der Waals surface area contributed by atoms with Crippen LogP contribution in [0, 0.1) is 0 Å². The maximum absolute atomic E-state index is 11.7. The molecule has 0 atom stereocenters. The average molecular weight is 324 g/mol. The molecule has 2 aromatic rings. The Bertz CT molecular complexity index is 687. The van der Waals surface area contributed by atoms with Crippen LogP contribution < -0.4 is 10.9 Å². The number of nitrogens with one attached hydrogen (secondary N) is 2. The van der Waals surface area contributed by atoms with Crippen molar-refractivity contribution >= 4 is 29.4 Å². The standard InChI is InChI=1S/C13H10ClN3O5/c14-11-8(3-1-5-15-11)13(20)22-7-10(18)16-17-12(19)9-4-2-6-21-9/h1-6H,7H2,(H,16,18)(H,17,19). The lowest BCUT2D eigenvalue weighted by Crippen LogP contribution is -2.43. The van der Waals surface area contributed by atoms with Crippen molar-refractivity contribution in [2.75, 3.05) is 6.61 Å². The number of ether oxygens (including phenoxy) is 1. The van der Waals surface area contributed by atoms with E-state index in [0.29, 0.717) is 0 Å². The van der Waals surface area contributed by atoms with Gasteiger partial charge in [-0.25, -0.2) is 9.78 Å². The second-order valence-corrected chi connectivity index (χ2v) is 4.26. The molecule has 9 heteroatoms. The molecule has 0 fully saturated rings. The largest absolute Gasteiger partial charge is 0.459 e. The van der Waals surface area contributed by atoms with Crippen molar-refractivity contribution in [3.05, 3.63) is 53.2 Å². The van der Waals surface area contributed by atoms with Gasteiger partial charge in [-0.3, -0.25) is 20.4 Å². The highest BCUT2D eigenvalue weighted by atomic mass is 35.5. The van der Waals surface area contributed by atoms with Gasteiger partial charge < -0.3 is 9.15 Å². The number of hydrogen-bond donors (Lipinski definition) is 2. The number of esters is 1. The quantitative estimate of drug-likeness (QED) is 0.492. The van der Waals surface area contributed by atoms with Crippen LogP contribution in [0.1, 0.15) is 20.9 Å². The van der Waals surface area contributed by atoms with E-state index in [-0.39, 0.29) is 16.5 Å². The molecule has 0 aliphatic rings. The normalized spacial score (nSPS) is 9.86. The van der Waals surface area contributed by atoms with Crippen molar-refractivity contribution in [3.63, 3.8) is 0 Å². The molecule has 0 aliphatic heterocycles. The molecular formula is C13H10ClN3O5. The molecule has 0 unspecified atom stereocenters. The fourth-order valence-corrected chi connectivity index (χ4v) is 1.58. The lowest BCUT2D eigenvalue weighted by atomic mass is 10.3. The van der Waals surface area contributed by atoms with Crippen LogP contribution in [0.25, 0.3) is 0 Å². The van der Waals surface area contributed by atoms with Crippen LogP contribution in [0.3, 0.4) is 0 Å². The first-order valence-electron chi connectivity index (χ1n) is 5.98. The molecule has 2 aromatic heterocycles. The molecule has 0 radical (unpaired) electrons. The fraction of sp³-hybridized carbons (Fsp3) is 0.0769. The first-order valence-corrected chi connectivity index (χ1v) is 6.36. The van der Waals surface area contributed by atoms with E-state index in [1.54, 1.807) is 0 Å². The second-order valence-electron chi connectivity index (χ2n) is 3.90. The minimum atomic E-state index is -0.800. The topological polar surface area (TPSA) is 111 Å². The number of nitrogens with zero attached hydrogens (tertiary/aromatic N) is 1. The Kier molecular flexibility index (Phi) is 5.10. The van der Waals surface area contributed by atoms with Gasteiger partial charge in [0.2, 0.25) is 0 Å². The molecule has 0 saturated heterocycles. The summed E-state index contributed by atoms with van der Waals surface area (Å²) < 4.78 is 9.57. The van der Waals surface area contributed by atoms with Gasteiger partial charge in [-0.2, -0.15) is 0 Å². The lowest BCUT2D eigenvalue weighted by molar-refractivity contribution is -0.125. The van der Waals surface area contributed by atoms with Crippen LogP contribution in [0.4, 0.5) is 0 Å². The van der Waals surface area contributed by atoms with E-state index >= 15 is 0 Å². The Labute approximate surface area is 129 Å². The molecule has 2 N–H and O–H groups in total. The van der Waals surface area contributed by atoms with Gasteiger partial charge in [-0.05, 0) is 24.3 Å². The van der Waals surface area contributed by atoms with Gasteiger partial charge in [-0.1, -0.05) is 11.6 Å². The number of halogens is 1. The number of hydrazine groups is 1. The Morgan fingerprint density at radius 1 is 1.23 bits per heavy atom. The third-order valence-electron chi connectivity index (χ3n) is 2.37. The molecule has 22 heavy (non-hydrogen) atoms. The van der Waals surface area contributed by atoms with Crippen molar-refractivity contribution < 1.29 is 23.5 Å². The molecule has 2 amide bonds. The number of amides is 2. The molecule has 0 spiro atoms. The zero-order valence-corrected chi connectivity index (χ0v) is 11.8. The summed E-state index contributed by atoms with van der Waals surface area (Å²) in [6.45, 7) is -0.595. The van der Waals surface area contributed by atoms with Crippen LogP contribution in [0.5, 0.6) is 0 Å². The van der Waals surface area contributed by atoms with Gasteiger partial charge >= 0.3 is 11.9 Å². The maximum Gasteiger partial charge on any atom is 0.341 e. The summed E-state index contributed by atoms with van der Waals surface area (Å²) in [5, 5.41) is -0.0287. The molecule has 2 heterocycles. The zero-order chi connectivity index (χ0) is 15.9. The lowest BCUT2D eigenvalue weighted by Gasteiger charge is -2.07. The highest BCUT2D eigenvalue weighted by molar-refractivity contribution is 6.32. The van der Waals surface area contributed by atoms with E-state index in [1.165, 1.54) is 36.7 Å². The monoisotopic (exact) mass is 323 g/mol. The average Bonchev–Trinajstić information content (AvgIpc) is 3.05. The van der Waals surface area contributed by atoms with Crippen molar-refractivity contribution in [2.45, 2.75) is 0 Å². The van der Waals surface area contributed by atoms with Crippen LogP contribution >= 0.6 is 11.6 Å². The summed E-state index contributed by atoms with van der Waals surface area (Å²) in [6.07, 6.45) is 2.73. The molecule has 0 aliphatic carbocycles. The van der Waals surface area contributed by atoms with Gasteiger partial charge in [0.1, 0.15) is 5.15 Å². The Hall–Kier alpha value is -2.87. The molecule has 0 aromatic carbocycles. The fourth-order valence-electron chi connectivity index (χ4n) is 1.38. The number of rotatable bonds is 4. The SMILES string of the molecule is O=C(COC(=O)c1cccnc1Cl)NNC(=O)c1ccco1. The first kappa shape index (κ1) is 15.5. The van der Waals surface area contributed by atoms with E-state index in [9.17, 15) is 14.4 Å². The molecule has 0 saturated carbocycles. The molecule has 8 nitrogen and oxygen atoms in total. The summed E-state index contributed by atoms with van der Waals surface area (Å²) in [6, 6.07) is 5.86. The Morgan fingerprint density at radius 2 is 2.05 bits per heavy atom. The molecule has 2 rings (SSSR count). The summed E-state index contributed by atoms with van der Waals surface area (Å²) in [5.74, 6) is -2.14. The summed E-state index contributed by atoms with van der Waals surface area (Å²) in [5.41, 5.74) is 4.20. The Morgan fingerprint density at radius 3 is 2.73 bits per heavy atom. The predicted octanol–water partition coefficient (Wildman–Crippen LogP) is 0.946. The number of aromatic nitrogens is 1. The highest BCUT2D eigenvalue weighted by Gasteiger charge is 2.15. The van der Waals surface area contributed by atoms with Crippen molar-refractivity contribution in [2.24, 2.45) is 0 Å². The van der Waals surface area contributed by atoms with Gasteiger partial charge in [0.05, 0.1) is 11.8 Å². The number of furan rings is 1. The number of hydrogen-bond acceptors (Lipinski definition) is 6. The van der Waals surface area contributed by atoms with Crippen molar-refractivity contribution in [1.82, 2.24) is 15.8 Å². The third kappa shape index (κ3) is 4.06. The molecule has 0 bridgehead atoms. The van der Waals surface area contributed by atoms with Gasteiger partial charge in [0, 0.05) is 6.20 Å². The van der Waals surface area contributed by atoms with Crippen LogP contribution in [-0.4, -0.2) is 29.4 Å². The maximum atomic E-state index is 11.7. The minimum absolute atomic E-state index is 0.0273. The van der Waals surface area contributed by atoms with Gasteiger partial charge in [-0.15, -0.1) is 0 Å². The minimum Gasteiger partial charge on any atom is -0.459 e. The van der Waals surface area contributed by atoms with Crippen LogP contribution in [-0.2, 0) is 9.53 Å². The van der Waals surface area contributed by atoms with Crippen LogP contribution in [0.15, 0.2) is 41.1 Å². The van der Waals surface area contributed by atoms with Crippen LogP contribution in [0.2, 0.25) is 5.15 Å². The highest BCUT2D eigenvalue weighted by Crippen LogP contribution is 2.12. The van der Waals surface area contributed by atoms with Gasteiger partial charge in [0.15, 0.2) is 12.4 Å². The van der Waals surface area contributed by atoms with Gasteiger partial charge in [0.25, 0.3) is 5.91 Å². The first-order chi connectivity index (χ1) is 10.6. The van der Waals surface area contributed by atoms with E-state index in [0.717, 1.165) is 0 Å². The Balaban J connectivity index is 1.77. The third-order valence-corrected chi connectivity index (χ3v) is 2.67. The number of carbonyl (C=O) groups is 3. The summed E-state index contributed by atoms with van der Waals surface area (Å²) in [7, 11) is 0. The summed E-state index contributed by atoms with van der Waals surface area (Å²) >= 11 is 5.71. The molecular weight excluding hydrogens is 314 g/mol. The smallest absolute Gasteiger partial charge is 0.341 e. The van der Waals surface area contributed by atoms with Crippen molar-refractivity contribution in [3.8, 4) is 0 Å². The van der Waals surface area contributed by atoms with E-state index < -0.39 is 24.4 Å². The summed E-state index contributed by atoms with van der Waals surface area (Å²) in [4.78, 5) is 38.3. The molecule has 114 valence electrons. The number of carbonyl (C=O) groups excluding carboxylic acids is 3. The van der Waals surface area contributed by atoms with E-state index in [4.69, 9.17) is 20.8 Å². The predicted molar refractivity (Wildman–Crippen MR) is 73.8 cm³/mol. The van der Waals surface area contributed by atoms with Crippen molar-refractivity contribution in [1.29, 1.82) is 0 Å². The second kappa shape index (κ2) is 7.23. The zero-order valence-electron chi connectivity index (χ0n) is 11.0.